The Bertz CT molecular complexity index is 702. The zero-order valence-electron chi connectivity index (χ0n) is 19.4. The van der Waals surface area contributed by atoms with Gasteiger partial charge in [0.1, 0.15) is 11.9 Å². The second kappa shape index (κ2) is 12.8. The van der Waals surface area contributed by atoms with Gasteiger partial charge in [0, 0.05) is 43.7 Å². The molecule has 0 aromatic heterocycles. The van der Waals surface area contributed by atoms with Crippen LogP contribution < -0.4 is 15.4 Å². The Morgan fingerprint density at radius 2 is 1.97 bits per heavy atom. The quantitative estimate of drug-likeness (QED) is 0.297. The highest BCUT2D eigenvalue weighted by molar-refractivity contribution is 14.0. The lowest BCUT2D eigenvalue weighted by Gasteiger charge is -2.41. The van der Waals surface area contributed by atoms with Crippen LogP contribution in [-0.2, 0) is 16.0 Å². The van der Waals surface area contributed by atoms with Crippen LogP contribution in [0.15, 0.2) is 23.2 Å². The molecule has 0 amide bonds. The highest BCUT2D eigenvalue weighted by Gasteiger charge is 2.28. The van der Waals surface area contributed by atoms with Crippen LogP contribution >= 0.6 is 24.0 Å². The van der Waals surface area contributed by atoms with Crippen LogP contribution in [0.5, 0.6) is 5.75 Å². The van der Waals surface area contributed by atoms with E-state index in [-0.39, 0.29) is 35.6 Å². The molecule has 1 aromatic rings. The molecule has 0 spiro atoms. The van der Waals surface area contributed by atoms with Gasteiger partial charge in [0.15, 0.2) is 5.96 Å². The zero-order chi connectivity index (χ0) is 21.4. The van der Waals surface area contributed by atoms with Crippen LogP contribution in [0.3, 0.4) is 0 Å². The number of benzene rings is 1. The van der Waals surface area contributed by atoms with Crippen molar-refractivity contribution in [3.8, 4) is 5.75 Å². The van der Waals surface area contributed by atoms with E-state index in [0.717, 1.165) is 69.7 Å². The van der Waals surface area contributed by atoms with Crippen molar-refractivity contribution >= 4 is 29.9 Å². The van der Waals surface area contributed by atoms with E-state index < -0.39 is 0 Å². The number of hydrogen-bond donors (Lipinski definition) is 2. The summed E-state index contributed by atoms with van der Waals surface area (Å²) >= 11 is 0. The number of aliphatic imine (C=N–C) groups is 1. The summed E-state index contributed by atoms with van der Waals surface area (Å²) < 4.78 is 17.2. The van der Waals surface area contributed by atoms with Crippen LogP contribution in [0.4, 0.5) is 0 Å². The standard InChI is InChI=1S/C23H38N4O3.HI/c1-5-24-22(26-17-23(3,4)27-9-12-28-13-10-27)25-15-19-7-6-18(2)14-21(19)30-20-8-11-29-16-20;/h6-7,14,20H,5,8-13,15-17H2,1-4H3,(H2,24,25,26);1H. The molecule has 176 valence electrons. The van der Waals surface area contributed by atoms with Gasteiger partial charge < -0.3 is 24.8 Å². The number of nitrogens with one attached hydrogen (secondary N) is 2. The zero-order valence-corrected chi connectivity index (χ0v) is 21.7. The third kappa shape index (κ3) is 8.07. The summed E-state index contributed by atoms with van der Waals surface area (Å²) in [7, 11) is 0. The van der Waals surface area contributed by atoms with Crippen molar-refractivity contribution in [2.75, 3.05) is 52.6 Å². The van der Waals surface area contributed by atoms with Gasteiger partial charge >= 0.3 is 0 Å². The van der Waals surface area contributed by atoms with Crippen molar-refractivity contribution in [3.05, 3.63) is 29.3 Å². The molecule has 8 heteroatoms. The Morgan fingerprint density at radius 3 is 2.65 bits per heavy atom. The minimum absolute atomic E-state index is 0. The molecule has 2 aliphatic heterocycles. The van der Waals surface area contributed by atoms with Crippen LogP contribution in [0.1, 0.15) is 38.3 Å². The van der Waals surface area contributed by atoms with Crippen LogP contribution in [0, 0.1) is 6.92 Å². The number of rotatable bonds is 8. The highest BCUT2D eigenvalue weighted by Crippen LogP contribution is 2.24. The molecule has 0 radical (unpaired) electrons. The van der Waals surface area contributed by atoms with E-state index in [1.807, 2.05) is 0 Å². The van der Waals surface area contributed by atoms with Crippen LogP contribution in [-0.4, -0.2) is 75.1 Å². The lowest BCUT2D eigenvalue weighted by molar-refractivity contribution is -0.00834. The maximum atomic E-state index is 6.22. The third-order valence-electron chi connectivity index (χ3n) is 5.71. The first kappa shape index (κ1) is 26.2. The SMILES string of the molecule is CCNC(=NCc1ccc(C)cc1OC1CCOC1)NCC(C)(C)N1CCOCC1.I. The number of halogens is 1. The van der Waals surface area contributed by atoms with Crippen molar-refractivity contribution < 1.29 is 14.2 Å². The van der Waals surface area contributed by atoms with Crippen molar-refractivity contribution in [1.29, 1.82) is 0 Å². The van der Waals surface area contributed by atoms with Gasteiger partial charge in [-0.15, -0.1) is 24.0 Å². The average molecular weight is 546 g/mol. The molecule has 31 heavy (non-hydrogen) atoms. The highest BCUT2D eigenvalue weighted by atomic mass is 127. The number of hydrogen-bond acceptors (Lipinski definition) is 5. The number of aryl methyl sites for hydroxylation is 1. The molecule has 2 aliphatic rings. The molecule has 1 atom stereocenters. The number of ether oxygens (including phenoxy) is 3. The molecule has 2 fully saturated rings. The first-order valence-corrected chi connectivity index (χ1v) is 11.2. The smallest absolute Gasteiger partial charge is 0.191 e. The van der Waals surface area contributed by atoms with Gasteiger partial charge in [0.2, 0.25) is 0 Å². The fraction of sp³-hybridized carbons (Fsp3) is 0.696. The van der Waals surface area contributed by atoms with Gasteiger partial charge in [-0.3, -0.25) is 4.90 Å². The predicted octanol–water partition coefficient (Wildman–Crippen LogP) is 2.95. The average Bonchev–Trinajstić information content (AvgIpc) is 3.25. The van der Waals surface area contributed by atoms with Gasteiger partial charge in [-0.25, -0.2) is 4.99 Å². The molecule has 3 rings (SSSR count). The number of guanidine groups is 1. The second-order valence-corrected chi connectivity index (χ2v) is 8.68. The van der Waals surface area contributed by atoms with E-state index >= 15 is 0 Å². The summed E-state index contributed by atoms with van der Waals surface area (Å²) in [6.07, 6.45) is 1.08. The Labute approximate surface area is 204 Å². The maximum absolute atomic E-state index is 6.22. The van der Waals surface area contributed by atoms with Gasteiger partial charge in [0.05, 0.1) is 33.0 Å². The third-order valence-corrected chi connectivity index (χ3v) is 5.71. The number of morpholine rings is 1. The molecule has 0 saturated carbocycles. The fourth-order valence-corrected chi connectivity index (χ4v) is 3.77. The van der Waals surface area contributed by atoms with E-state index in [1.54, 1.807) is 0 Å². The summed E-state index contributed by atoms with van der Waals surface area (Å²) in [6.45, 7) is 15.9. The van der Waals surface area contributed by atoms with E-state index in [1.165, 1.54) is 5.56 Å². The van der Waals surface area contributed by atoms with E-state index in [9.17, 15) is 0 Å². The lowest BCUT2D eigenvalue weighted by atomic mass is 10.0. The Morgan fingerprint density at radius 1 is 1.19 bits per heavy atom. The van der Waals surface area contributed by atoms with Crippen molar-refractivity contribution in [2.45, 2.75) is 52.3 Å². The summed E-state index contributed by atoms with van der Waals surface area (Å²) in [5.41, 5.74) is 2.31. The van der Waals surface area contributed by atoms with Gasteiger partial charge in [-0.05, 0) is 39.3 Å². The van der Waals surface area contributed by atoms with Crippen LogP contribution in [0.25, 0.3) is 0 Å². The monoisotopic (exact) mass is 546 g/mol. The van der Waals surface area contributed by atoms with Gasteiger partial charge in [-0.1, -0.05) is 12.1 Å². The molecular weight excluding hydrogens is 507 g/mol. The second-order valence-electron chi connectivity index (χ2n) is 8.68. The molecular formula is C23H39IN4O3. The Kier molecular flexibility index (Phi) is 10.8. The Balaban J connectivity index is 0.00000341. The first-order valence-electron chi connectivity index (χ1n) is 11.2. The fourth-order valence-electron chi connectivity index (χ4n) is 3.77. The number of nitrogens with zero attached hydrogens (tertiary/aromatic N) is 2. The summed E-state index contributed by atoms with van der Waals surface area (Å²) in [4.78, 5) is 7.31. The van der Waals surface area contributed by atoms with Gasteiger partial charge in [-0.2, -0.15) is 0 Å². The largest absolute Gasteiger partial charge is 0.488 e. The maximum Gasteiger partial charge on any atom is 0.191 e. The van der Waals surface area contributed by atoms with E-state index in [4.69, 9.17) is 19.2 Å². The minimum atomic E-state index is 0. The minimum Gasteiger partial charge on any atom is -0.488 e. The van der Waals surface area contributed by atoms with Crippen molar-refractivity contribution in [1.82, 2.24) is 15.5 Å². The van der Waals surface area contributed by atoms with Crippen LogP contribution in [0.2, 0.25) is 0 Å². The predicted molar refractivity (Wildman–Crippen MR) is 136 cm³/mol. The summed E-state index contributed by atoms with van der Waals surface area (Å²) in [5, 5.41) is 6.90. The first-order chi connectivity index (χ1) is 14.5. The molecule has 0 bridgehead atoms. The van der Waals surface area contributed by atoms with Crippen molar-refractivity contribution in [3.63, 3.8) is 0 Å². The summed E-state index contributed by atoms with van der Waals surface area (Å²) in [6, 6.07) is 6.33. The van der Waals surface area contributed by atoms with Gasteiger partial charge in [0.25, 0.3) is 0 Å². The molecule has 2 N–H and O–H groups in total. The molecule has 2 heterocycles. The lowest BCUT2D eigenvalue weighted by Crippen LogP contribution is -2.56. The molecule has 2 saturated heterocycles. The summed E-state index contributed by atoms with van der Waals surface area (Å²) in [5.74, 6) is 1.74. The van der Waals surface area contributed by atoms with E-state index in [0.29, 0.717) is 13.2 Å². The van der Waals surface area contributed by atoms with E-state index in [2.05, 4.69) is 61.4 Å². The molecule has 7 nitrogen and oxygen atoms in total. The molecule has 1 unspecified atom stereocenters. The molecule has 0 aliphatic carbocycles. The molecule has 1 aromatic carbocycles. The topological polar surface area (TPSA) is 67.4 Å². The Hall–Kier alpha value is -1.10. The van der Waals surface area contributed by atoms with Crippen molar-refractivity contribution in [2.24, 2.45) is 4.99 Å². The normalized spacial score (nSPS) is 20.3.